The third-order valence-corrected chi connectivity index (χ3v) is 1.66. The minimum atomic E-state index is 0.571. The fourth-order valence-electron chi connectivity index (χ4n) is 0.984. The van der Waals surface area contributed by atoms with Gasteiger partial charge >= 0.3 is 0 Å². The van der Waals surface area contributed by atoms with Crippen molar-refractivity contribution in [3.63, 3.8) is 0 Å². The van der Waals surface area contributed by atoms with Crippen molar-refractivity contribution in [2.24, 2.45) is 0 Å². The summed E-state index contributed by atoms with van der Waals surface area (Å²) in [6.45, 7) is 1.83. The molecule has 0 amide bonds. The molecule has 0 atom stereocenters. The van der Waals surface area contributed by atoms with Crippen LogP contribution in [0.25, 0.3) is 0 Å². The number of rotatable bonds is 3. The zero-order valence-corrected chi connectivity index (χ0v) is 7.03. The Morgan fingerprint density at radius 2 is 2.08 bits per heavy atom. The van der Waals surface area contributed by atoms with Gasteiger partial charge in [0.2, 0.25) is 0 Å². The highest BCUT2D eigenvalue weighted by atomic mass is 17.1. The van der Waals surface area contributed by atoms with Gasteiger partial charge in [-0.2, -0.15) is 0 Å². The van der Waals surface area contributed by atoms with E-state index in [4.69, 9.17) is 5.26 Å². The van der Waals surface area contributed by atoms with Crippen molar-refractivity contribution >= 4 is 0 Å². The summed E-state index contributed by atoms with van der Waals surface area (Å²) < 4.78 is 0. The highest BCUT2D eigenvalue weighted by Crippen LogP contribution is 2.07. The topological polar surface area (TPSA) is 29.5 Å². The molecule has 0 bridgehead atoms. The highest BCUT2D eigenvalue weighted by molar-refractivity contribution is 5.19. The van der Waals surface area contributed by atoms with Crippen LogP contribution in [-0.2, 0) is 11.3 Å². The van der Waals surface area contributed by atoms with Crippen LogP contribution in [0.3, 0.4) is 0 Å². The first kappa shape index (κ1) is 8.81. The Bertz CT molecular complexity index is 252. The molecule has 0 radical (unpaired) electrons. The van der Waals surface area contributed by atoms with Crippen LogP contribution < -0.4 is 0 Å². The van der Waals surface area contributed by atoms with Crippen LogP contribution >= 0.6 is 0 Å². The molecule has 1 N–H and O–H groups in total. The van der Waals surface area contributed by atoms with Gasteiger partial charge in [-0.05, 0) is 18.6 Å². The van der Waals surface area contributed by atoms with E-state index in [-0.39, 0.29) is 0 Å². The Balaban J connectivity index is 2.64. The maximum absolute atomic E-state index is 8.42. The molecule has 0 aliphatic heterocycles. The molecule has 1 aromatic rings. The van der Waals surface area contributed by atoms with Crippen molar-refractivity contribution in [3.8, 4) is 0 Å². The molecular formula is C10H12O2. The van der Waals surface area contributed by atoms with Gasteiger partial charge in [0.15, 0.2) is 0 Å². The molecule has 12 heavy (non-hydrogen) atoms. The molecule has 0 spiro atoms. The molecule has 0 unspecified atom stereocenters. The average molecular weight is 164 g/mol. The molecule has 0 aliphatic carbocycles. The van der Waals surface area contributed by atoms with Gasteiger partial charge in [-0.1, -0.05) is 30.3 Å². The van der Waals surface area contributed by atoms with Crippen LogP contribution in [0.15, 0.2) is 42.2 Å². The van der Waals surface area contributed by atoms with Crippen molar-refractivity contribution in [1.29, 1.82) is 0 Å². The first-order chi connectivity index (χ1) is 5.86. The molecule has 1 aromatic carbocycles. The van der Waals surface area contributed by atoms with Gasteiger partial charge in [0.05, 0.1) is 0 Å². The first-order valence-corrected chi connectivity index (χ1v) is 3.87. The van der Waals surface area contributed by atoms with Crippen molar-refractivity contribution in [3.05, 3.63) is 47.7 Å². The minimum Gasteiger partial charge on any atom is -0.345 e. The van der Waals surface area contributed by atoms with E-state index in [1.165, 1.54) is 0 Å². The Morgan fingerprint density at radius 1 is 1.42 bits per heavy atom. The summed E-state index contributed by atoms with van der Waals surface area (Å²) >= 11 is 0. The lowest BCUT2D eigenvalue weighted by Gasteiger charge is -2.01. The Kier molecular flexibility index (Phi) is 3.35. The Morgan fingerprint density at radius 3 is 2.58 bits per heavy atom. The second-order valence-electron chi connectivity index (χ2n) is 2.51. The summed E-state index contributed by atoms with van der Waals surface area (Å²) in [4.78, 5) is 4.16. The van der Waals surface area contributed by atoms with Crippen molar-refractivity contribution in [1.82, 2.24) is 0 Å². The highest BCUT2D eigenvalue weighted by Gasteiger charge is 1.97. The molecule has 64 valence electrons. The number of allylic oxidation sites excluding steroid dienone is 2. The standard InChI is InChI=1S/C10H12O2/c1-2-10(12-11)8-9-6-4-3-5-7-9/h2-7,11H,8H2,1H3. The third-order valence-electron chi connectivity index (χ3n) is 1.66. The van der Waals surface area contributed by atoms with Crippen molar-refractivity contribution < 1.29 is 10.1 Å². The van der Waals surface area contributed by atoms with Crippen molar-refractivity contribution in [2.75, 3.05) is 0 Å². The smallest absolute Gasteiger partial charge is 0.142 e. The van der Waals surface area contributed by atoms with E-state index >= 15 is 0 Å². The SMILES string of the molecule is CC=C(Cc1ccccc1)OO. The van der Waals surface area contributed by atoms with E-state index in [0.717, 1.165) is 5.56 Å². The van der Waals surface area contributed by atoms with Crippen molar-refractivity contribution in [2.45, 2.75) is 13.3 Å². The first-order valence-electron chi connectivity index (χ1n) is 3.87. The predicted octanol–water partition coefficient (Wildman–Crippen LogP) is 2.62. The van der Waals surface area contributed by atoms with E-state index in [2.05, 4.69) is 4.89 Å². The number of hydrogen-bond acceptors (Lipinski definition) is 2. The molecule has 2 heteroatoms. The molecule has 1 rings (SSSR count). The van der Waals surface area contributed by atoms with Gasteiger partial charge in [-0.3, -0.25) is 0 Å². The van der Waals surface area contributed by atoms with Crippen LogP contribution in [0.4, 0.5) is 0 Å². The summed E-state index contributed by atoms with van der Waals surface area (Å²) in [5.74, 6) is 0.571. The third kappa shape index (κ3) is 2.40. The summed E-state index contributed by atoms with van der Waals surface area (Å²) in [6, 6.07) is 9.85. The maximum Gasteiger partial charge on any atom is 0.142 e. The van der Waals surface area contributed by atoms with E-state index in [0.29, 0.717) is 12.2 Å². The summed E-state index contributed by atoms with van der Waals surface area (Å²) in [5, 5.41) is 8.42. The molecule has 0 saturated heterocycles. The van der Waals surface area contributed by atoms with Crippen LogP contribution in [-0.4, -0.2) is 5.26 Å². The molecule has 0 aromatic heterocycles. The lowest BCUT2D eigenvalue weighted by molar-refractivity contribution is -0.204. The maximum atomic E-state index is 8.42. The minimum absolute atomic E-state index is 0.571. The van der Waals surface area contributed by atoms with Crippen LogP contribution in [0.5, 0.6) is 0 Å². The normalized spacial score (nSPS) is 11.3. The fourth-order valence-corrected chi connectivity index (χ4v) is 0.984. The molecule has 0 saturated carbocycles. The molecule has 0 fully saturated rings. The van der Waals surface area contributed by atoms with E-state index in [9.17, 15) is 0 Å². The zero-order valence-electron chi connectivity index (χ0n) is 7.03. The largest absolute Gasteiger partial charge is 0.345 e. The van der Waals surface area contributed by atoms with Gasteiger partial charge in [0.25, 0.3) is 0 Å². The van der Waals surface area contributed by atoms with Gasteiger partial charge in [-0.25, -0.2) is 5.26 Å². The number of benzene rings is 1. The van der Waals surface area contributed by atoms with Crippen LogP contribution in [0.1, 0.15) is 12.5 Å². The molecular weight excluding hydrogens is 152 g/mol. The summed E-state index contributed by atoms with van der Waals surface area (Å²) in [6.07, 6.45) is 2.38. The lowest BCUT2D eigenvalue weighted by Crippen LogP contribution is -1.92. The second kappa shape index (κ2) is 4.57. The summed E-state index contributed by atoms with van der Waals surface area (Å²) in [5.41, 5.74) is 1.12. The van der Waals surface area contributed by atoms with Gasteiger partial charge in [-0.15, -0.1) is 0 Å². The lowest BCUT2D eigenvalue weighted by atomic mass is 10.1. The van der Waals surface area contributed by atoms with E-state index in [1.807, 2.05) is 37.3 Å². The van der Waals surface area contributed by atoms with E-state index in [1.54, 1.807) is 6.08 Å². The van der Waals surface area contributed by atoms with Gasteiger partial charge < -0.3 is 4.89 Å². The zero-order chi connectivity index (χ0) is 8.81. The number of hydrogen-bond donors (Lipinski definition) is 1. The monoisotopic (exact) mass is 164 g/mol. The average Bonchev–Trinajstić information content (AvgIpc) is 2.16. The van der Waals surface area contributed by atoms with Crippen LogP contribution in [0.2, 0.25) is 0 Å². The molecule has 0 aliphatic rings. The Labute approximate surface area is 72.0 Å². The van der Waals surface area contributed by atoms with Gasteiger partial charge in [0.1, 0.15) is 5.76 Å². The van der Waals surface area contributed by atoms with Gasteiger partial charge in [0, 0.05) is 6.42 Å². The quantitative estimate of drug-likeness (QED) is 0.422. The summed E-state index contributed by atoms with van der Waals surface area (Å²) in [7, 11) is 0. The Hall–Kier alpha value is -1.28. The molecule has 2 nitrogen and oxygen atoms in total. The second-order valence-corrected chi connectivity index (χ2v) is 2.51. The van der Waals surface area contributed by atoms with Crippen LogP contribution in [0, 0.1) is 0 Å². The fraction of sp³-hybridized carbons (Fsp3) is 0.200. The van der Waals surface area contributed by atoms with E-state index < -0.39 is 0 Å². The molecule has 0 heterocycles. The predicted molar refractivity (Wildman–Crippen MR) is 47.6 cm³/mol.